The predicted molar refractivity (Wildman–Crippen MR) is 119 cm³/mol. The van der Waals surface area contributed by atoms with Crippen molar-refractivity contribution in [2.45, 2.75) is 11.3 Å². The standard InChI is InChI=1S/C23H23FN2O5S/c1-30-20-12-8-19(9-13-20)26-32(28,29)22-5-2-4-17(16-22)23(27)25-14-3-15-31-21-10-6-18(24)7-11-21/h2,4-13,16,26H,3,14-15H2,1H3,(H,25,27). The van der Waals surface area contributed by atoms with E-state index in [1.807, 2.05) is 0 Å². The quantitative estimate of drug-likeness (QED) is 0.451. The Labute approximate surface area is 186 Å². The van der Waals surface area contributed by atoms with E-state index in [-0.39, 0.29) is 16.3 Å². The zero-order valence-corrected chi connectivity index (χ0v) is 18.2. The van der Waals surface area contributed by atoms with Gasteiger partial charge in [0.1, 0.15) is 17.3 Å². The van der Waals surface area contributed by atoms with Crippen molar-refractivity contribution < 1.29 is 27.1 Å². The number of anilines is 1. The van der Waals surface area contributed by atoms with Gasteiger partial charge in [0, 0.05) is 17.8 Å². The summed E-state index contributed by atoms with van der Waals surface area (Å²) < 4.78 is 51.2. The van der Waals surface area contributed by atoms with Gasteiger partial charge in [0.15, 0.2) is 0 Å². The molecule has 0 saturated carbocycles. The van der Waals surface area contributed by atoms with Crippen molar-refractivity contribution in [2.75, 3.05) is 25.0 Å². The molecule has 0 aromatic heterocycles. The number of hydrogen-bond donors (Lipinski definition) is 2. The highest BCUT2D eigenvalue weighted by atomic mass is 32.2. The summed E-state index contributed by atoms with van der Waals surface area (Å²) in [6.07, 6.45) is 0.528. The zero-order chi connectivity index (χ0) is 23.0. The van der Waals surface area contributed by atoms with Gasteiger partial charge in [-0.15, -0.1) is 0 Å². The molecule has 0 spiro atoms. The van der Waals surface area contributed by atoms with Crippen LogP contribution >= 0.6 is 0 Å². The van der Waals surface area contributed by atoms with E-state index in [2.05, 4.69) is 10.0 Å². The lowest BCUT2D eigenvalue weighted by atomic mass is 10.2. The first kappa shape index (κ1) is 23.1. The molecule has 32 heavy (non-hydrogen) atoms. The van der Waals surface area contributed by atoms with Gasteiger partial charge in [0.2, 0.25) is 0 Å². The Morgan fingerprint density at radius 2 is 1.66 bits per heavy atom. The molecule has 0 radical (unpaired) electrons. The summed E-state index contributed by atoms with van der Waals surface area (Å²) in [6.45, 7) is 0.674. The van der Waals surface area contributed by atoms with E-state index in [1.165, 1.54) is 55.6 Å². The number of halogens is 1. The number of methoxy groups -OCH3 is 1. The van der Waals surface area contributed by atoms with Crippen LogP contribution in [-0.4, -0.2) is 34.6 Å². The van der Waals surface area contributed by atoms with E-state index in [4.69, 9.17) is 9.47 Å². The number of sulfonamides is 1. The second-order valence-corrected chi connectivity index (χ2v) is 8.46. The third-order valence-corrected chi connectivity index (χ3v) is 5.82. The minimum Gasteiger partial charge on any atom is -0.497 e. The molecular weight excluding hydrogens is 435 g/mol. The third kappa shape index (κ3) is 6.45. The highest BCUT2D eigenvalue weighted by Gasteiger charge is 2.16. The highest BCUT2D eigenvalue weighted by molar-refractivity contribution is 7.92. The van der Waals surface area contributed by atoms with Crippen LogP contribution in [0.1, 0.15) is 16.8 Å². The van der Waals surface area contributed by atoms with E-state index < -0.39 is 15.9 Å². The first-order valence-corrected chi connectivity index (χ1v) is 11.3. The van der Waals surface area contributed by atoms with Crippen molar-refractivity contribution >= 4 is 21.6 Å². The number of rotatable bonds is 10. The molecule has 7 nitrogen and oxygen atoms in total. The van der Waals surface area contributed by atoms with Gasteiger partial charge < -0.3 is 14.8 Å². The lowest BCUT2D eigenvalue weighted by Gasteiger charge is -2.11. The van der Waals surface area contributed by atoms with Crippen LogP contribution in [-0.2, 0) is 10.0 Å². The normalized spacial score (nSPS) is 10.9. The molecule has 1 amide bonds. The molecule has 0 aliphatic rings. The zero-order valence-electron chi connectivity index (χ0n) is 17.4. The summed E-state index contributed by atoms with van der Waals surface area (Å²) >= 11 is 0. The van der Waals surface area contributed by atoms with Crippen molar-refractivity contribution in [1.82, 2.24) is 5.32 Å². The summed E-state index contributed by atoms with van der Waals surface area (Å²) in [5.41, 5.74) is 0.601. The maximum Gasteiger partial charge on any atom is 0.261 e. The van der Waals surface area contributed by atoms with Crippen LogP contribution in [0.15, 0.2) is 77.7 Å². The molecule has 0 heterocycles. The number of hydrogen-bond acceptors (Lipinski definition) is 5. The van der Waals surface area contributed by atoms with Gasteiger partial charge in [-0.05, 0) is 73.2 Å². The van der Waals surface area contributed by atoms with Crippen LogP contribution in [0.5, 0.6) is 11.5 Å². The average Bonchev–Trinajstić information content (AvgIpc) is 2.80. The molecule has 2 N–H and O–H groups in total. The second kappa shape index (κ2) is 10.6. The number of carbonyl (C=O) groups excluding carboxylic acids is 1. The molecule has 9 heteroatoms. The Kier molecular flexibility index (Phi) is 7.67. The topological polar surface area (TPSA) is 93.7 Å². The first-order chi connectivity index (χ1) is 15.4. The molecule has 0 fully saturated rings. The van der Waals surface area contributed by atoms with Gasteiger partial charge >= 0.3 is 0 Å². The Morgan fingerprint density at radius 1 is 0.969 bits per heavy atom. The Morgan fingerprint density at radius 3 is 2.34 bits per heavy atom. The van der Waals surface area contributed by atoms with E-state index in [9.17, 15) is 17.6 Å². The van der Waals surface area contributed by atoms with E-state index in [0.717, 1.165) is 0 Å². The minimum absolute atomic E-state index is 0.0272. The fraction of sp³-hybridized carbons (Fsp3) is 0.174. The maximum absolute atomic E-state index is 12.9. The van der Waals surface area contributed by atoms with Crippen LogP contribution in [0.4, 0.5) is 10.1 Å². The average molecular weight is 459 g/mol. The van der Waals surface area contributed by atoms with Crippen LogP contribution in [0.3, 0.4) is 0 Å². The lowest BCUT2D eigenvalue weighted by molar-refractivity contribution is 0.0951. The largest absolute Gasteiger partial charge is 0.497 e. The van der Waals surface area contributed by atoms with Crippen LogP contribution in [0.25, 0.3) is 0 Å². The second-order valence-electron chi connectivity index (χ2n) is 6.77. The Bertz CT molecular complexity index is 1150. The maximum atomic E-state index is 12.9. The number of carbonyl (C=O) groups is 1. The van der Waals surface area contributed by atoms with E-state index in [0.29, 0.717) is 36.8 Å². The van der Waals surface area contributed by atoms with Crippen LogP contribution < -0.4 is 19.5 Å². The van der Waals surface area contributed by atoms with Crippen molar-refractivity contribution in [3.05, 3.63) is 84.2 Å². The molecule has 0 bridgehead atoms. The molecule has 0 atom stereocenters. The molecule has 3 rings (SSSR count). The molecule has 0 unspecified atom stereocenters. The molecule has 0 aliphatic heterocycles. The van der Waals surface area contributed by atoms with Crippen molar-refractivity contribution in [2.24, 2.45) is 0 Å². The molecule has 0 saturated heterocycles. The summed E-state index contributed by atoms with van der Waals surface area (Å²) in [5, 5.41) is 2.73. The van der Waals surface area contributed by atoms with E-state index >= 15 is 0 Å². The SMILES string of the molecule is COc1ccc(NS(=O)(=O)c2cccc(C(=O)NCCCOc3ccc(F)cc3)c2)cc1. The fourth-order valence-electron chi connectivity index (χ4n) is 2.77. The molecule has 3 aromatic carbocycles. The summed E-state index contributed by atoms with van der Waals surface area (Å²) in [6, 6.07) is 17.9. The van der Waals surface area contributed by atoms with Crippen LogP contribution in [0.2, 0.25) is 0 Å². The van der Waals surface area contributed by atoms with Gasteiger partial charge in [0.05, 0.1) is 18.6 Å². The summed E-state index contributed by atoms with van der Waals surface area (Å²) in [4.78, 5) is 12.4. The predicted octanol–water partition coefficient (Wildman–Crippen LogP) is 3.83. The summed E-state index contributed by atoms with van der Waals surface area (Å²) in [7, 11) is -2.35. The van der Waals surface area contributed by atoms with Gasteiger partial charge in [-0.2, -0.15) is 0 Å². The summed E-state index contributed by atoms with van der Waals surface area (Å²) in [5.74, 6) is 0.413. The van der Waals surface area contributed by atoms with Gasteiger partial charge in [-0.1, -0.05) is 6.07 Å². The number of amides is 1. The first-order valence-electron chi connectivity index (χ1n) is 9.81. The number of ether oxygens (including phenoxy) is 2. The van der Waals surface area contributed by atoms with Crippen molar-refractivity contribution in [3.63, 3.8) is 0 Å². The monoisotopic (exact) mass is 458 g/mol. The highest BCUT2D eigenvalue weighted by Crippen LogP contribution is 2.20. The van der Waals surface area contributed by atoms with Crippen LogP contribution in [0, 0.1) is 5.82 Å². The Hall–Kier alpha value is -3.59. The number of nitrogens with one attached hydrogen (secondary N) is 2. The van der Waals surface area contributed by atoms with Gasteiger partial charge in [-0.3, -0.25) is 9.52 Å². The number of benzene rings is 3. The molecular formula is C23H23FN2O5S. The fourth-order valence-corrected chi connectivity index (χ4v) is 3.88. The smallest absolute Gasteiger partial charge is 0.261 e. The molecule has 168 valence electrons. The minimum atomic E-state index is -3.87. The molecule has 3 aromatic rings. The lowest BCUT2D eigenvalue weighted by Crippen LogP contribution is -2.26. The van der Waals surface area contributed by atoms with Crippen molar-refractivity contribution in [1.29, 1.82) is 0 Å². The van der Waals surface area contributed by atoms with E-state index in [1.54, 1.807) is 24.3 Å². The van der Waals surface area contributed by atoms with Crippen molar-refractivity contribution in [3.8, 4) is 11.5 Å². The Balaban J connectivity index is 1.53. The third-order valence-electron chi connectivity index (χ3n) is 4.44. The van der Waals surface area contributed by atoms with Gasteiger partial charge in [-0.25, -0.2) is 12.8 Å². The van der Waals surface area contributed by atoms with Gasteiger partial charge in [0.25, 0.3) is 15.9 Å². The molecule has 0 aliphatic carbocycles.